The Hall–Kier alpha value is -3.06. The summed E-state index contributed by atoms with van der Waals surface area (Å²) in [5, 5.41) is 31.7. The summed E-state index contributed by atoms with van der Waals surface area (Å²) >= 11 is 7.64. The fraction of sp³-hybridized carbons (Fsp3) is 0.348. The van der Waals surface area contributed by atoms with Crippen LogP contribution in [0.15, 0.2) is 29.3 Å². The lowest BCUT2D eigenvalue weighted by atomic mass is 9.99. The van der Waals surface area contributed by atoms with Crippen molar-refractivity contribution in [2.24, 2.45) is 4.99 Å². The van der Waals surface area contributed by atoms with E-state index in [1.165, 1.54) is 11.3 Å². The molecule has 0 bridgehead atoms. The number of nitriles is 1. The molecule has 1 aliphatic rings. The number of halogens is 1. The molecule has 3 aromatic rings. The quantitative estimate of drug-likeness (QED) is 0.558. The Morgan fingerprint density at radius 3 is 2.73 bits per heavy atom. The fourth-order valence-corrected chi connectivity index (χ4v) is 5.24. The molecular weight excluding hydrogens is 460 g/mol. The molecule has 4 rings (SSSR count). The Bertz CT molecular complexity index is 1270. The summed E-state index contributed by atoms with van der Waals surface area (Å²) in [6.45, 7) is 5.62. The minimum absolute atomic E-state index is 0.0565. The molecule has 1 aromatic carbocycles. The molecule has 0 saturated carbocycles. The van der Waals surface area contributed by atoms with E-state index < -0.39 is 12.1 Å². The minimum Gasteiger partial charge on any atom is -0.392 e. The molecule has 3 heterocycles. The summed E-state index contributed by atoms with van der Waals surface area (Å²) in [4.78, 5) is 18.6. The lowest BCUT2D eigenvalue weighted by Gasteiger charge is -2.13. The molecule has 1 amide bonds. The predicted molar refractivity (Wildman–Crippen MR) is 127 cm³/mol. The number of carbonyl (C=O) groups is 1. The number of aromatic nitrogens is 3. The Morgan fingerprint density at radius 2 is 2.06 bits per heavy atom. The van der Waals surface area contributed by atoms with E-state index >= 15 is 0 Å². The van der Waals surface area contributed by atoms with E-state index in [0.717, 1.165) is 32.3 Å². The summed E-state index contributed by atoms with van der Waals surface area (Å²) in [5.41, 5.74) is 3.46. The van der Waals surface area contributed by atoms with Gasteiger partial charge in [-0.25, -0.2) is 0 Å². The number of fused-ring (bicyclic) bond motifs is 3. The molecule has 1 aliphatic heterocycles. The molecule has 33 heavy (non-hydrogen) atoms. The number of nitrogens with zero attached hydrogens (tertiary/aromatic N) is 5. The maximum Gasteiger partial charge on any atom is 0.222 e. The number of hydrogen-bond donors (Lipinski definition) is 2. The van der Waals surface area contributed by atoms with Crippen LogP contribution in [-0.4, -0.2) is 44.1 Å². The third kappa shape index (κ3) is 4.55. The zero-order chi connectivity index (χ0) is 23.7. The first-order valence-electron chi connectivity index (χ1n) is 10.5. The van der Waals surface area contributed by atoms with Crippen LogP contribution in [0.2, 0.25) is 5.02 Å². The fourth-order valence-electron chi connectivity index (χ4n) is 3.82. The average molecular weight is 483 g/mol. The van der Waals surface area contributed by atoms with Crippen molar-refractivity contribution in [3.05, 3.63) is 62.5 Å². The molecule has 170 valence electrons. The van der Waals surface area contributed by atoms with E-state index in [9.17, 15) is 15.2 Å². The van der Waals surface area contributed by atoms with Crippen molar-refractivity contribution in [2.45, 2.75) is 45.8 Å². The zero-order valence-electron chi connectivity index (χ0n) is 18.5. The molecule has 0 aliphatic carbocycles. The molecule has 0 saturated heterocycles. The largest absolute Gasteiger partial charge is 0.392 e. The normalized spacial score (nSPS) is 15.6. The summed E-state index contributed by atoms with van der Waals surface area (Å²) in [6.07, 6.45) is -0.296. The van der Waals surface area contributed by atoms with Crippen LogP contribution in [0, 0.1) is 25.2 Å². The molecule has 2 aromatic heterocycles. The first-order chi connectivity index (χ1) is 15.8. The van der Waals surface area contributed by atoms with E-state index in [4.69, 9.17) is 16.6 Å². The SMILES string of the molecule is Cc1c(CC#N)sc2c1C(c1ccc(Cl)cc1)=N[C@@H](CC(=O)NC[C@@H](C)O)c1nnc(C)n1-2. The number of hydrogen-bond acceptors (Lipinski definition) is 7. The first-order valence-corrected chi connectivity index (χ1v) is 11.7. The highest BCUT2D eigenvalue weighted by atomic mass is 35.5. The van der Waals surface area contributed by atoms with Crippen molar-refractivity contribution in [2.75, 3.05) is 6.54 Å². The molecule has 0 fully saturated rings. The van der Waals surface area contributed by atoms with Gasteiger partial charge in [-0.05, 0) is 38.5 Å². The molecule has 2 N–H and O–H groups in total. The lowest BCUT2D eigenvalue weighted by molar-refractivity contribution is -0.121. The number of aliphatic hydroxyl groups excluding tert-OH is 1. The van der Waals surface area contributed by atoms with Gasteiger partial charge in [-0.3, -0.25) is 14.4 Å². The van der Waals surface area contributed by atoms with Crippen LogP contribution in [0.25, 0.3) is 5.00 Å². The smallest absolute Gasteiger partial charge is 0.222 e. The second-order valence-corrected chi connectivity index (χ2v) is 9.48. The van der Waals surface area contributed by atoms with E-state index in [1.807, 2.05) is 30.5 Å². The molecule has 8 nitrogen and oxygen atoms in total. The van der Waals surface area contributed by atoms with Crippen molar-refractivity contribution in [1.82, 2.24) is 20.1 Å². The Kier molecular flexibility index (Phi) is 6.61. The van der Waals surface area contributed by atoms with Gasteiger partial charge in [0.2, 0.25) is 5.91 Å². The van der Waals surface area contributed by atoms with Crippen LogP contribution in [0.5, 0.6) is 0 Å². The maximum absolute atomic E-state index is 12.6. The summed E-state index contributed by atoms with van der Waals surface area (Å²) in [7, 11) is 0. The van der Waals surface area contributed by atoms with Gasteiger partial charge in [0, 0.05) is 27.6 Å². The predicted octanol–water partition coefficient (Wildman–Crippen LogP) is 3.44. The Labute approximate surface area is 200 Å². The second kappa shape index (κ2) is 9.43. The molecule has 0 spiro atoms. The number of benzene rings is 1. The molecule has 10 heteroatoms. The van der Waals surface area contributed by atoms with Crippen molar-refractivity contribution in [3.63, 3.8) is 0 Å². The third-order valence-corrected chi connectivity index (χ3v) is 6.96. The van der Waals surface area contributed by atoms with Crippen LogP contribution in [0.1, 0.15) is 52.6 Å². The highest BCUT2D eigenvalue weighted by Crippen LogP contribution is 2.40. The average Bonchev–Trinajstić information content (AvgIpc) is 3.26. The van der Waals surface area contributed by atoms with Gasteiger partial charge in [-0.15, -0.1) is 21.5 Å². The number of aliphatic hydroxyl groups is 1. The molecule has 0 unspecified atom stereocenters. The Balaban J connectivity index is 1.90. The molecular formula is C23H23ClN6O2S. The molecule has 0 radical (unpaired) electrons. The first kappa shape index (κ1) is 23.1. The van der Waals surface area contributed by atoms with Gasteiger partial charge >= 0.3 is 0 Å². The van der Waals surface area contributed by atoms with E-state index in [0.29, 0.717) is 23.1 Å². The monoisotopic (exact) mass is 482 g/mol. The van der Waals surface area contributed by atoms with Crippen LogP contribution >= 0.6 is 22.9 Å². The highest BCUT2D eigenvalue weighted by Gasteiger charge is 2.32. The summed E-state index contributed by atoms with van der Waals surface area (Å²) < 4.78 is 1.94. The number of aryl methyl sites for hydroxylation is 1. The van der Waals surface area contributed by atoms with Crippen molar-refractivity contribution in [1.29, 1.82) is 5.26 Å². The third-order valence-electron chi connectivity index (χ3n) is 5.43. The molecule has 2 atom stereocenters. The Morgan fingerprint density at radius 1 is 1.33 bits per heavy atom. The van der Waals surface area contributed by atoms with Crippen molar-refractivity contribution >= 4 is 34.6 Å². The van der Waals surface area contributed by atoms with Crippen LogP contribution < -0.4 is 5.32 Å². The van der Waals surface area contributed by atoms with Crippen LogP contribution in [0.3, 0.4) is 0 Å². The number of carbonyl (C=O) groups excluding carboxylic acids is 1. The summed E-state index contributed by atoms with van der Waals surface area (Å²) in [6, 6.07) is 9.07. The van der Waals surface area contributed by atoms with Gasteiger partial charge in [0.05, 0.1) is 30.7 Å². The number of rotatable bonds is 6. The van der Waals surface area contributed by atoms with E-state index in [2.05, 4.69) is 21.6 Å². The van der Waals surface area contributed by atoms with Crippen LogP contribution in [-0.2, 0) is 11.2 Å². The number of amides is 1. The number of thiophene rings is 1. The standard InChI is InChI=1S/C23H23ClN6O2S/c1-12(31)11-26-19(32)10-17-22-29-28-14(3)30(22)23-20(13(2)18(33-23)8-9-25)21(27-17)15-4-6-16(24)7-5-15/h4-7,12,17,31H,8,10-11H2,1-3H3,(H,26,32)/t12-,17+/m1/s1. The highest BCUT2D eigenvalue weighted by molar-refractivity contribution is 7.15. The van der Waals surface area contributed by atoms with E-state index in [-0.39, 0.29) is 18.9 Å². The van der Waals surface area contributed by atoms with Gasteiger partial charge in [0.25, 0.3) is 0 Å². The zero-order valence-corrected chi connectivity index (χ0v) is 20.0. The van der Waals surface area contributed by atoms with Gasteiger partial charge in [0.1, 0.15) is 16.9 Å². The van der Waals surface area contributed by atoms with Crippen molar-refractivity contribution in [3.8, 4) is 11.1 Å². The van der Waals surface area contributed by atoms with Gasteiger partial charge in [0.15, 0.2) is 5.82 Å². The topological polar surface area (TPSA) is 116 Å². The summed E-state index contributed by atoms with van der Waals surface area (Å²) in [5.74, 6) is 1.01. The minimum atomic E-state index is -0.643. The number of nitrogens with one attached hydrogen (secondary N) is 1. The van der Waals surface area contributed by atoms with Crippen molar-refractivity contribution < 1.29 is 9.90 Å². The van der Waals surface area contributed by atoms with Crippen LogP contribution in [0.4, 0.5) is 0 Å². The van der Waals surface area contributed by atoms with Gasteiger partial charge in [-0.2, -0.15) is 5.26 Å². The second-order valence-electron chi connectivity index (χ2n) is 7.96. The van der Waals surface area contributed by atoms with Gasteiger partial charge < -0.3 is 10.4 Å². The maximum atomic E-state index is 12.6. The number of aliphatic imine (C=N–C) groups is 1. The van der Waals surface area contributed by atoms with E-state index in [1.54, 1.807) is 19.1 Å². The lowest BCUT2D eigenvalue weighted by Crippen LogP contribution is -2.31. The van der Waals surface area contributed by atoms with Gasteiger partial charge in [-0.1, -0.05) is 23.7 Å².